The van der Waals surface area contributed by atoms with E-state index in [0.717, 1.165) is 14.5 Å². The van der Waals surface area contributed by atoms with E-state index in [1.807, 2.05) is 12.1 Å². The third-order valence-corrected chi connectivity index (χ3v) is 2.81. The normalized spacial score (nSPS) is 10.1. The second-order valence-electron chi connectivity index (χ2n) is 2.46. The molecule has 0 aliphatic carbocycles. The van der Waals surface area contributed by atoms with Gasteiger partial charge >= 0.3 is 0 Å². The predicted octanol–water partition coefficient (Wildman–Crippen LogP) is 2.79. The lowest BCUT2D eigenvalue weighted by atomic mass is 10.5. The highest BCUT2D eigenvalue weighted by atomic mass is 79.9. The van der Waals surface area contributed by atoms with Crippen molar-refractivity contribution < 1.29 is 0 Å². The molecule has 0 bridgehead atoms. The molecule has 0 saturated heterocycles. The third-order valence-electron chi connectivity index (χ3n) is 1.47. The number of hydrogen-bond donors (Lipinski definition) is 0. The maximum absolute atomic E-state index is 4.21. The first-order chi connectivity index (χ1) is 6.84. The summed E-state index contributed by atoms with van der Waals surface area (Å²) in [6, 6.07) is 3.88. The van der Waals surface area contributed by atoms with Crippen LogP contribution in [0.15, 0.2) is 51.4 Å². The molecule has 0 fully saturated rings. The number of nitrogens with zero attached hydrogens (tertiary/aromatic N) is 3. The molecule has 2 rings (SSSR count). The molecule has 0 amide bonds. The molecule has 0 unspecified atom stereocenters. The number of hydrogen-bond acceptors (Lipinski definition) is 4. The lowest BCUT2D eigenvalue weighted by Gasteiger charge is -1.98. The van der Waals surface area contributed by atoms with Crippen LogP contribution in [-0.2, 0) is 0 Å². The molecule has 0 atom stereocenters. The van der Waals surface area contributed by atoms with Gasteiger partial charge in [-0.25, -0.2) is 9.97 Å². The maximum Gasteiger partial charge on any atom is 0.124 e. The van der Waals surface area contributed by atoms with Crippen molar-refractivity contribution in [3.05, 3.63) is 41.5 Å². The van der Waals surface area contributed by atoms with E-state index in [0.29, 0.717) is 0 Å². The fourth-order valence-corrected chi connectivity index (χ4v) is 1.80. The van der Waals surface area contributed by atoms with Crippen molar-refractivity contribution >= 4 is 27.7 Å². The van der Waals surface area contributed by atoms with Crippen LogP contribution in [0.4, 0.5) is 0 Å². The van der Waals surface area contributed by atoms with Gasteiger partial charge in [0.25, 0.3) is 0 Å². The molecule has 0 aliphatic heterocycles. The van der Waals surface area contributed by atoms with E-state index in [4.69, 9.17) is 0 Å². The van der Waals surface area contributed by atoms with Crippen molar-refractivity contribution in [3.8, 4) is 0 Å². The monoisotopic (exact) mass is 267 g/mol. The quantitative estimate of drug-likeness (QED) is 0.839. The summed E-state index contributed by atoms with van der Waals surface area (Å²) >= 11 is 4.80. The van der Waals surface area contributed by atoms with Crippen LogP contribution in [0.1, 0.15) is 0 Å². The second-order valence-corrected chi connectivity index (χ2v) is 4.37. The maximum atomic E-state index is 4.21. The molecule has 0 N–H and O–H groups in total. The van der Waals surface area contributed by atoms with Crippen LogP contribution in [0.5, 0.6) is 0 Å². The molecule has 70 valence electrons. The standard InChI is InChI=1S/C9H6BrN3S/c10-8-5-13-9(6-12-8)14-7-1-3-11-4-2-7/h1-6H. The van der Waals surface area contributed by atoms with Crippen LogP contribution < -0.4 is 0 Å². The summed E-state index contributed by atoms with van der Waals surface area (Å²) in [6.07, 6.45) is 6.93. The fourth-order valence-electron chi connectivity index (χ4n) is 0.880. The van der Waals surface area contributed by atoms with E-state index in [-0.39, 0.29) is 0 Å². The summed E-state index contributed by atoms with van der Waals surface area (Å²) in [7, 11) is 0. The Bertz CT molecular complexity index is 404. The average Bonchev–Trinajstić information content (AvgIpc) is 2.23. The fraction of sp³-hybridized carbons (Fsp3) is 0. The number of aromatic nitrogens is 3. The molecule has 14 heavy (non-hydrogen) atoms. The van der Waals surface area contributed by atoms with E-state index in [1.54, 1.807) is 36.5 Å². The lowest BCUT2D eigenvalue weighted by Crippen LogP contribution is -1.82. The Hall–Kier alpha value is -0.940. The average molecular weight is 268 g/mol. The van der Waals surface area contributed by atoms with Gasteiger partial charge in [-0.15, -0.1) is 0 Å². The van der Waals surface area contributed by atoms with Gasteiger partial charge in [-0.2, -0.15) is 0 Å². The molecule has 2 aromatic heterocycles. The van der Waals surface area contributed by atoms with E-state index < -0.39 is 0 Å². The lowest BCUT2D eigenvalue weighted by molar-refractivity contribution is 1.03. The van der Waals surface area contributed by atoms with Crippen LogP contribution in [0, 0.1) is 0 Å². The largest absolute Gasteiger partial charge is 0.265 e. The van der Waals surface area contributed by atoms with Crippen LogP contribution in [0.2, 0.25) is 0 Å². The van der Waals surface area contributed by atoms with Crippen molar-refractivity contribution in [2.45, 2.75) is 9.92 Å². The third kappa shape index (κ3) is 2.52. The van der Waals surface area contributed by atoms with Crippen molar-refractivity contribution in [1.29, 1.82) is 0 Å². The summed E-state index contributed by atoms with van der Waals surface area (Å²) in [5.74, 6) is 0. The van der Waals surface area contributed by atoms with E-state index in [2.05, 4.69) is 30.9 Å². The van der Waals surface area contributed by atoms with Crippen LogP contribution >= 0.6 is 27.7 Å². The van der Waals surface area contributed by atoms with Gasteiger partial charge in [0, 0.05) is 17.3 Å². The SMILES string of the molecule is Brc1cnc(Sc2ccncc2)cn1. The Kier molecular flexibility index (Phi) is 3.10. The zero-order valence-corrected chi connectivity index (χ0v) is 9.49. The minimum absolute atomic E-state index is 0.747. The minimum atomic E-state index is 0.747. The predicted molar refractivity (Wildman–Crippen MR) is 58.1 cm³/mol. The Morgan fingerprint density at radius 1 is 1.07 bits per heavy atom. The first-order valence-corrected chi connectivity index (χ1v) is 5.51. The van der Waals surface area contributed by atoms with Crippen molar-refractivity contribution in [1.82, 2.24) is 15.0 Å². The van der Waals surface area contributed by atoms with Gasteiger partial charge in [0.1, 0.15) is 9.63 Å². The van der Waals surface area contributed by atoms with E-state index in [1.165, 1.54) is 0 Å². The summed E-state index contributed by atoms with van der Waals surface area (Å²) in [4.78, 5) is 13.4. The zero-order valence-electron chi connectivity index (χ0n) is 7.09. The number of rotatable bonds is 2. The molecular formula is C9H6BrN3S. The highest BCUT2D eigenvalue weighted by Gasteiger charge is 1.98. The van der Waals surface area contributed by atoms with E-state index >= 15 is 0 Å². The molecule has 5 heteroatoms. The van der Waals surface area contributed by atoms with Crippen molar-refractivity contribution in [2.75, 3.05) is 0 Å². The van der Waals surface area contributed by atoms with Gasteiger partial charge in [-0.05, 0) is 28.1 Å². The Morgan fingerprint density at radius 2 is 1.86 bits per heavy atom. The van der Waals surface area contributed by atoms with Gasteiger partial charge in [-0.1, -0.05) is 11.8 Å². The molecule has 3 nitrogen and oxygen atoms in total. The highest BCUT2D eigenvalue weighted by molar-refractivity contribution is 9.10. The first kappa shape index (κ1) is 9.61. The first-order valence-electron chi connectivity index (χ1n) is 3.90. The van der Waals surface area contributed by atoms with Crippen LogP contribution in [0.25, 0.3) is 0 Å². The molecule has 0 aliphatic rings. The highest BCUT2D eigenvalue weighted by Crippen LogP contribution is 2.24. The molecule has 2 heterocycles. The summed E-state index contributed by atoms with van der Waals surface area (Å²) in [6.45, 7) is 0. The van der Waals surface area contributed by atoms with Gasteiger partial charge in [0.15, 0.2) is 0 Å². The van der Waals surface area contributed by atoms with Gasteiger partial charge in [-0.3, -0.25) is 4.98 Å². The van der Waals surface area contributed by atoms with Crippen LogP contribution in [-0.4, -0.2) is 15.0 Å². The topological polar surface area (TPSA) is 38.7 Å². The number of halogens is 1. The Balaban J connectivity index is 2.16. The summed E-state index contributed by atoms with van der Waals surface area (Å²) in [5, 5.41) is 0.874. The zero-order chi connectivity index (χ0) is 9.80. The van der Waals surface area contributed by atoms with Gasteiger partial charge in [0.2, 0.25) is 0 Å². The smallest absolute Gasteiger partial charge is 0.124 e. The summed E-state index contributed by atoms with van der Waals surface area (Å²) < 4.78 is 0.747. The second kappa shape index (κ2) is 4.52. The minimum Gasteiger partial charge on any atom is -0.265 e. The van der Waals surface area contributed by atoms with Crippen LogP contribution in [0.3, 0.4) is 0 Å². The van der Waals surface area contributed by atoms with Gasteiger partial charge in [0.05, 0.1) is 12.4 Å². The molecule has 0 radical (unpaired) electrons. The van der Waals surface area contributed by atoms with Gasteiger partial charge < -0.3 is 0 Å². The molecule has 0 aromatic carbocycles. The molecule has 0 spiro atoms. The molecular weight excluding hydrogens is 262 g/mol. The Morgan fingerprint density at radius 3 is 2.50 bits per heavy atom. The van der Waals surface area contributed by atoms with Crippen molar-refractivity contribution in [3.63, 3.8) is 0 Å². The Labute approximate surface area is 94.1 Å². The summed E-state index contributed by atoms with van der Waals surface area (Å²) in [5.41, 5.74) is 0. The molecule has 0 saturated carbocycles. The van der Waals surface area contributed by atoms with E-state index in [9.17, 15) is 0 Å². The molecule has 2 aromatic rings. The van der Waals surface area contributed by atoms with Crippen molar-refractivity contribution in [2.24, 2.45) is 0 Å². The number of pyridine rings is 1.